The Bertz CT molecular complexity index is 1160. The van der Waals surface area contributed by atoms with Crippen LogP contribution in [0.4, 0.5) is 4.39 Å². The Kier molecular flexibility index (Phi) is 5.25. The average Bonchev–Trinajstić information content (AvgIpc) is 3.31. The van der Waals surface area contributed by atoms with Crippen molar-refractivity contribution in [1.82, 2.24) is 14.8 Å². The lowest BCUT2D eigenvalue weighted by molar-refractivity contribution is 0.0517. The molecule has 0 saturated heterocycles. The number of nitriles is 1. The van der Waals surface area contributed by atoms with Crippen molar-refractivity contribution in [2.75, 3.05) is 12.4 Å². The quantitative estimate of drug-likeness (QED) is 0.638. The first-order chi connectivity index (χ1) is 14.0. The number of carbonyl (C=O) groups is 1. The maximum absolute atomic E-state index is 13.3. The van der Waals surface area contributed by atoms with Gasteiger partial charge in [-0.25, -0.2) is 13.9 Å². The van der Waals surface area contributed by atoms with Crippen LogP contribution in [-0.4, -0.2) is 33.1 Å². The van der Waals surface area contributed by atoms with Gasteiger partial charge in [0.2, 0.25) is 0 Å². The number of rotatable bonds is 4. The van der Waals surface area contributed by atoms with Crippen molar-refractivity contribution in [2.45, 2.75) is 17.9 Å². The number of aromatic nitrogens is 3. The van der Waals surface area contributed by atoms with Crippen LogP contribution < -0.4 is 4.87 Å². The Balaban J connectivity index is 1.89. The van der Waals surface area contributed by atoms with E-state index in [1.807, 2.05) is 0 Å². The number of hydrogen-bond acceptors (Lipinski definition) is 7. The lowest BCUT2D eigenvalue weighted by Crippen LogP contribution is -2.21. The molecular weight excluding hydrogens is 415 g/mol. The zero-order valence-electron chi connectivity index (χ0n) is 15.2. The van der Waals surface area contributed by atoms with Gasteiger partial charge in [-0.05, 0) is 31.2 Å². The predicted octanol–water partition coefficient (Wildman–Crippen LogP) is 3.32. The third-order valence-corrected chi connectivity index (χ3v) is 6.77. The van der Waals surface area contributed by atoms with Crippen molar-refractivity contribution in [1.29, 1.82) is 5.26 Å². The molecule has 0 aliphatic carbocycles. The molecule has 0 radical (unpaired) electrons. The summed E-state index contributed by atoms with van der Waals surface area (Å²) in [6, 6.07) is 7.97. The van der Waals surface area contributed by atoms with E-state index in [0.717, 1.165) is 11.3 Å². The summed E-state index contributed by atoms with van der Waals surface area (Å²) in [6.07, 6.45) is 1.65. The summed E-state index contributed by atoms with van der Waals surface area (Å²) < 4.78 is 19.9. The molecular formula is C19H15FN4O3S2. The van der Waals surface area contributed by atoms with Crippen molar-refractivity contribution >= 4 is 29.1 Å². The first-order valence-corrected chi connectivity index (χ1v) is 10.6. The molecule has 3 heterocycles. The average molecular weight is 430 g/mol. The van der Waals surface area contributed by atoms with E-state index in [2.05, 4.69) is 16.2 Å². The Labute approximate surface area is 173 Å². The molecule has 0 saturated carbocycles. The van der Waals surface area contributed by atoms with Crippen LogP contribution in [0.1, 0.15) is 33.8 Å². The molecule has 0 bridgehead atoms. The lowest BCUT2D eigenvalue weighted by atomic mass is 9.86. The molecule has 0 amide bonds. The normalized spacial score (nSPS) is 18.1. The van der Waals surface area contributed by atoms with Gasteiger partial charge in [-0.1, -0.05) is 11.3 Å². The summed E-state index contributed by atoms with van der Waals surface area (Å²) in [6.45, 7) is 1.87. The summed E-state index contributed by atoms with van der Waals surface area (Å²) in [4.78, 5) is 27.8. The molecule has 2 aromatic heterocycles. The van der Waals surface area contributed by atoms with Gasteiger partial charge in [-0.15, -0.1) is 11.8 Å². The topological polar surface area (TPSA) is 101 Å². The summed E-state index contributed by atoms with van der Waals surface area (Å²) in [5, 5.41) is 14.8. The predicted molar refractivity (Wildman–Crippen MR) is 106 cm³/mol. The highest BCUT2D eigenvalue weighted by atomic mass is 32.2. The molecule has 7 nitrogen and oxygen atoms in total. The van der Waals surface area contributed by atoms with E-state index in [1.54, 1.807) is 25.3 Å². The largest absolute Gasteiger partial charge is 0.461 e. The summed E-state index contributed by atoms with van der Waals surface area (Å²) in [7, 11) is 0. The third-order valence-electron chi connectivity index (χ3n) is 4.54. The number of nitrogens with zero attached hydrogens (tertiary/aromatic N) is 3. The summed E-state index contributed by atoms with van der Waals surface area (Å²) in [5.74, 6) is -1.46. The number of aromatic amines is 1. The summed E-state index contributed by atoms with van der Waals surface area (Å²) >= 11 is 2.45. The Hall–Kier alpha value is -2.90. The molecule has 10 heteroatoms. The number of H-pyrrole nitrogens is 1. The van der Waals surface area contributed by atoms with Crippen LogP contribution >= 0.6 is 23.1 Å². The van der Waals surface area contributed by atoms with E-state index in [1.165, 1.54) is 28.6 Å². The second-order valence-corrected chi connectivity index (χ2v) is 8.35. The fourth-order valence-electron chi connectivity index (χ4n) is 3.26. The number of thiazole rings is 1. The van der Waals surface area contributed by atoms with Gasteiger partial charge in [0.1, 0.15) is 5.82 Å². The molecule has 3 aromatic rings. The van der Waals surface area contributed by atoms with Gasteiger partial charge < -0.3 is 9.72 Å². The zero-order chi connectivity index (χ0) is 20.5. The number of esters is 1. The van der Waals surface area contributed by atoms with Crippen LogP contribution in [0.2, 0.25) is 0 Å². The van der Waals surface area contributed by atoms with Gasteiger partial charge in [-0.2, -0.15) is 10.4 Å². The Morgan fingerprint density at radius 3 is 2.90 bits per heavy atom. The van der Waals surface area contributed by atoms with E-state index < -0.39 is 17.8 Å². The minimum absolute atomic E-state index is 0.0834. The molecule has 2 atom stereocenters. The van der Waals surface area contributed by atoms with Crippen LogP contribution in [0.5, 0.6) is 0 Å². The van der Waals surface area contributed by atoms with Crippen molar-refractivity contribution < 1.29 is 13.9 Å². The molecule has 29 heavy (non-hydrogen) atoms. The SMILES string of the molecule is CCOC(=O)c1nn(-c2ccc(F)cc2)cc1[C@@H]1c2sc(=O)[nH]c2SC[C@H]1C#N. The highest BCUT2D eigenvalue weighted by molar-refractivity contribution is 7.99. The van der Waals surface area contributed by atoms with Crippen LogP contribution in [0.3, 0.4) is 0 Å². The molecule has 1 aliphatic rings. The number of ether oxygens (including phenoxy) is 1. The lowest BCUT2D eigenvalue weighted by Gasteiger charge is -2.25. The minimum Gasteiger partial charge on any atom is -0.461 e. The van der Waals surface area contributed by atoms with Gasteiger partial charge in [0, 0.05) is 28.3 Å². The monoisotopic (exact) mass is 430 g/mol. The van der Waals surface area contributed by atoms with E-state index >= 15 is 0 Å². The number of fused-ring (bicyclic) bond motifs is 1. The van der Waals surface area contributed by atoms with Crippen molar-refractivity contribution in [2.24, 2.45) is 5.92 Å². The van der Waals surface area contributed by atoms with E-state index in [0.29, 0.717) is 26.9 Å². The molecule has 0 fully saturated rings. The smallest absolute Gasteiger partial charge is 0.359 e. The number of carbonyl (C=O) groups excluding carboxylic acids is 1. The first kappa shape index (κ1) is 19.4. The standard InChI is InChI=1S/C19H15FN4O3S2/c1-2-27-18(25)15-13(8-24(23-15)12-5-3-11(20)4-6-12)14-10(7-21)9-28-17-16(14)29-19(26)22-17/h3-6,8,10,14H,2,9H2,1H3,(H,22,26)/t10-,14-/m1/s1. The van der Waals surface area contributed by atoms with Crippen molar-refractivity contribution in [3.8, 4) is 11.8 Å². The summed E-state index contributed by atoms with van der Waals surface area (Å²) in [5.41, 5.74) is 1.15. The Morgan fingerprint density at radius 1 is 1.45 bits per heavy atom. The maximum Gasteiger partial charge on any atom is 0.359 e. The molecule has 148 valence electrons. The van der Waals surface area contributed by atoms with E-state index in [4.69, 9.17) is 4.74 Å². The number of thioether (sulfide) groups is 1. The van der Waals surface area contributed by atoms with Crippen molar-refractivity contribution in [3.63, 3.8) is 0 Å². The van der Waals surface area contributed by atoms with Gasteiger partial charge in [-0.3, -0.25) is 4.79 Å². The number of halogens is 1. The van der Waals surface area contributed by atoms with Gasteiger partial charge in [0.15, 0.2) is 5.69 Å². The molecule has 1 N–H and O–H groups in total. The Morgan fingerprint density at radius 2 is 2.21 bits per heavy atom. The number of hydrogen-bond donors (Lipinski definition) is 1. The number of benzene rings is 1. The molecule has 1 aliphatic heterocycles. The van der Waals surface area contributed by atoms with Crippen LogP contribution in [0, 0.1) is 23.1 Å². The highest BCUT2D eigenvalue weighted by Crippen LogP contribution is 2.45. The molecule has 0 unspecified atom stereocenters. The fraction of sp³-hybridized carbons (Fsp3) is 0.263. The molecule has 4 rings (SSSR count). The van der Waals surface area contributed by atoms with Crippen LogP contribution in [-0.2, 0) is 4.74 Å². The second-order valence-electron chi connectivity index (χ2n) is 6.31. The maximum atomic E-state index is 13.3. The molecule has 0 spiro atoms. The third kappa shape index (κ3) is 3.59. The van der Waals surface area contributed by atoms with Crippen LogP contribution in [0.15, 0.2) is 40.3 Å². The van der Waals surface area contributed by atoms with Gasteiger partial charge >= 0.3 is 10.8 Å². The second kappa shape index (κ2) is 7.85. The number of nitrogens with one attached hydrogen (secondary N) is 1. The van der Waals surface area contributed by atoms with E-state index in [9.17, 15) is 19.2 Å². The van der Waals surface area contributed by atoms with Crippen LogP contribution in [0.25, 0.3) is 5.69 Å². The van der Waals surface area contributed by atoms with Gasteiger partial charge in [0.05, 0.1) is 29.3 Å². The van der Waals surface area contributed by atoms with E-state index in [-0.39, 0.29) is 23.0 Å². The highest BCUT2D eigenvalue weighted by Gasteiger charge is 2.38. The minimum atomic E-state index is -0.609. The first-order valence-electron chi connectivity index (χ1n) is 8.79. The fourth-order valence-corrected chi connectivity index (χ4v) is 5.59. The van der Waals surface area contributed by atoms with Crippen molar-refractivity contribution in [3.05, 3.63) is 62.1 Å². The zero-order valence-corrected chi connectivity index (χ0v) is 16.8. The molecule has 1 aromatic carbocycles. The van der Waals surface area contributed by atoms with Gasteiger partial charge in [0.25, 0.3) is 0 Å².